The van der Waals surface area contributed by atoms with Gasteiger partial charge in [0.05, 0.1) is 6.61 Å². The Labute approximate surface area is 97.2 Å². The Morgan fingerprint density at radius 1 is 1.06 bits per heavy atom. The van der Waals surface area contributed by atoms with Gasteiger partial charge in [-0.2, -0.15) is 0 Å². The molecule has 0 aliphatic rings. The normalized spacial score (nSPS) is 10.4. The van der Waals surface area contributed by atoms with E-state index in [0.717, 1.165) is 31.6 Å². The monoisotopic (exact) mass is 223 g/mol. The first-order chi connectivity index (χ1) is 7.86. The van der Waals surface area contributed by atoms with Crippen LogP contribution < -0.4 is 10.5 Å². The van der Waals surface area contributed by atoms with Crippen LogP contribution in [0, 0.1) is 0 Å². The van der Waals surface area contributed by atoms with Crippen molar-refractivity contribution in [1.29, 1.82) is 0 Å². The summed E-state index contributed by atoms with van der Waals surface area (Å²) in [5.41, 5.74) is 6.77. The van der Waals surface area contributed by atoms with E-state index in [1.165, 1.54) is 5.56 Å². The van der Waals surface area contributed by atoms with Gasteiger partial charge >= 0.3 is 0 Å². The fraction of sp³-hybridized carbons (Fsp3) is 0.538. The van der Waals surface area contributed by atoms with Crippen molar-refractivity contribution in [2.24, 2.45) is 5.73 Å². The molecule has 1 aromatic rings. The molecular formula is C13H21NO2. The molecule has 0 radical (unpaired) electrons. The van der Waals surface area contributed by atoms with Gasteiger partial charge in [0, 0.05) is 13.0 Å². The van der Waals surface area contributed by atoms with Crippen LogP contribution in [0.3, 0.4) is 0 Å². The first-order valence-corrected chi connectivity index (χ1v) is 5.89. The average molecular weight is 223 g/mol. The molecule has 0 bridgehead atoms. The van der Waals surface area contributed by atoms with Crippen LogP contribution in [-0.4, -0.2) is 24.9 Å². The molecule has 1 rings (SSSR count). The summed E-state index contributed by atoms with van der Waals surface area (Å²) in [6.07, 6.45) is 3.97. The summed E-state index contributed by atoms with van der Waals surface area (Å²) >= 11 is 0. The van der Waals surface area contributed by atoms with E-state index in [-0.39, 0.29) is 6.61 Å². The van der Waals surface area contributed by atoms with Crippen LogP contribution >= 0.6 is 0 Å². The molecule has 16 heavy (non-hydrogen) atoms. The highest BCUT2D eigenvalue weighted by Crippen LogP contribution is 2.13. The average Bonchev–Trinajstić information content (AvgIpc) is 2.32. The maximum absolute atomic E-state index is 8.62. The topological polar surface area (TPSA) is 55.5 Å². The summed E-state index contributed by atoms with van der Waals surface area (Å²) in [6, 6.07) is 8.14. The molecule has 3 N–H and O–H groups in total. The predicted octanol–water partition coefficient (Wildman–Crippen LogP) is 1.73. The smallest absolute Gasteiger partial charge is 0.119 e. The van der Waals surface area contributed by atoms with Gasteiger partial charge in [-0.05, 0) is 43.5 Å². The molecule has 3 heteroatoms. The summed E-state index contributed by atoms with van der Waals surface area (Å²) in [4.78, 5) is 0. The molecule has 0 fully saturated rings. The molecule has 0 amide bonds. The molecular weight excluding hydrogens is 202 g/mol. The van der Waals surface area contributed by atoms with Gasteiger partial charge in [0.2, 0.25) is 0 Å². The second-order valence-corrected chi connectivity index (χ2v) is 3.82. The number of aryl methyl sites for hydroxylation is 1. The van der Waals surface area contributed by atoms with E-state index in [1.807, 2.05) is 12.1 Å². The fourth-order valence-electron chi connectivity index (χ4n) is 1.48. The van der Waals surface area contributed by atoms with E-state index in [2.05, 4.69) is 12.1 Å². The van der Waals surface area contributed by atoms with Gasteiger partial charge in [-0.15, -0.1) is 0 Å². The standard InChI is InChI=1S/C13H21NO2/c14-9-2-1-4-12-5-7-13(8-6-12)16-11-3-10-15/h5-8,15H,1-4,9-11,14H2. The highest BCUT2D eigenvalue weighted by molar-refractivity contribution is 5.27. The fourth-order valence-corrected chi connectivity index (χ4v) is 1.48. The van der Waals surface area contributed by atoms with Gasteiger partial charge in [-0.1, -0.05) is 12.1 Å². The number of rotatable bonds is 8. The van der Waals surface area contributed by atoms with Crippen molar-refractivity contribution in [3.8, 4) is 5.75 Å². The van der Waals surface area contributed by atoms with Crippen molar-refractivity contribution in [1.82, 2.24) is 0 Å². The van der Waals surface area contributed by atoms with Crippen molar-refractivity contribution in [3.63, 3.8) is 0 Å². The Morgan fingerprint density at radius 3 is 2.44 bits per heavy atom. The van der Waals surface area contributed by atoms with E-state index in [1.54, 1.807) is 0 Å². The molecule has 0 saturated carbocycles. The summed E-state index contributed by atoms with van der Waals surface area (Å²) in [7, 11) is 0. The Hall–Kier alpha value is -1.06. The van der Waals surface area contributed by atoms with Crippen molar-refractivity contribution in [2.75, 3.05) is 19.8 Å². The van der Waals surface area contributed by atoms with Gasteiger partial charge in [-0.3, -0.25) is 0 Å². The summed E-state index contributed by atoms with van der Waals surface area (Å²) in [6.45, 7) is 1.52. The van der Waals surface area contributed by atoms with Crippen LogP contribution in [0.2, 0.25) is 0 Å². The molecule has 0 heterocycles. The van der Waals surface area contributed by atoms with Gasteiger partial charge in [0.25, 0.3) is 0 Å². The van der Waals surface area contributed by atoms with Crippen LogP contribution in [0.4, 0.5) is 0 Å². The number of nitrogens with two attached hydrogens (primary N) is 1. The second-order valence-electron chi connectivity index (χ2n) is 3.82. The van der Waals surface area contributed by atoms with Gasteiger partial charge in [-0.25, -0.2) is 0 Å². The van der Waals surface area contributed by atoms with E-state index in [0.29, 0.717) is 13.0 Å². The molecule has 0 aliphatic heterocycles. The van der Waals surface area contributed by atoms with Crippen LogP contribution in [0.5, 0.6) is 5.75 Å². The number of benzene rings is 1. The predicted molar refractivity (Wildman–Crippen MR) is 65.6 cm³/mol. The minimum absolute atomic E-state index is 0.178. The van der Waals surface area contributed by atoms with Crippen LogP contribution in [0.25, 0.3) is 0 Å². The third-order valence-electron chi connectivity index (χ3n) is 2.41. The first kappa shape index (κ1) is 13.0. The first-order valence-electron chi connectivity index (χ1n) is 5.89. The van der Waals surface area contributed by atoms with E-state index >= 15 is 0 Å². The Balaban J connectivity index is 2.30. The lowest BCUT2D eigenvalue weighted by Gasteiger charge is -2.06. The van der Waals surface area contributed by atoms with Crippen molar-refractivity contribution >= 4 is 0 Å². The number of aliphatic hydroxyl groups is 1. The molecule has 0 aliphatic carbocycles. The lowest BCUT2D eigenvalue weighted by atomic mass is 10.1. The largest absolute Gasteiger partial charge is 0.494 e. The molecule has 0 aromatic heterocycles. The van der Waals surface area contributed by atoms with E-state index < -0.39 is 0 Å². The molecule has 3 nitrogen and oxygen atoms in total. The maximum Gasteiger partial charge on any atom is 0.119 e. The lowest BCUT2D eigenvalue weighted by molar-refractivity contribution is 0.233. The summed E-state index contributed by atoms with van der Waals surface area (Å²) in [5, 5.41) is 8.62. The zero-order chi connectivity index (χ0) is 11.6. The van der Waals surface area contributed by atoms with Gasteiger partial charge in [0.1, 0.15) is 5.75 Å². The molecule has 90 valence electrons. The third-order valence-corrected chi connectivity index (χ3v) is 2.41. The van der Waals surface area contributed by atoms with Crippen LogP contribution in [-0.2, 0) is 6.42 Å². The zero-order valence-corrected chi connectivity index (χ0v) is 9.69. The Bertz CT molecular complexity index is 243. The third kappa shape index (κ3) is 5.14. The van der Waals surface area contributed by atoms with E-state index in [4.69, 9.17) is 15.6 Å². The lowest BCUT2D eigenvalue weighted by Crippen LogP contribution is -2.00. The SMILES string of the molecule is NCCCCc1ccc(OCCCO)cc1. The quantitative estimate of drug-likeness (QED) is 0.660. The second kappa shape index (κ2) is 8.13. The van der Waals surface area contributed by atoms with Crippen LogP contribution in [0.15, 0.2) is 24.3 Å². The number of aliphatic hydroxyl groups excluding tert-OH is 1. The van der Waals surface area contributed by atoms with E-state index in [9.17, 15) is 0 Å². The number of unbranched alkanes of at least 4 members (excludes halogenated alkanes) is 1. The summed E-state index contributed by atoms with van der Waals surface area (Å²) < 4.78 is 5.45. The minimum atomic E-state index is 0.178. The van der Waals surface area contributed by atoms with Crippen molar-refractivity contribution in [2.45, 2.75) is 25.7 Å². The highest BCUT2D eigenvalue weighted by Gasteiger charge is 1.95. The maximum atomic E-state index is 8.62. The van der Waals surface area contributed by atoms with Gasteiger partial charge in [0.15, 0.2) is 0 Å². The Kier molecular flexibility index (Phi) is 6.61. The number of hydrogen-bond donors (Lipinski definition) is 2. The molecule has 1 aromatic carbocycles. The van der Waals surface area contributed by atoms with Crippen LogP contribution in [0.1, 0.15) is 24.8 Å². The summed E-state index contributed by atoms with van der Waals surface area (Å²) in [5.74, 6) is 0.871. The molecule has 0 saturated heterocycles. The number of hydrogen-bond acceptors (Lipinski definition) is 3. The van der Waals surface area contributed by atoms with Crippen molar-refractivity contribution < 1.29 is 9.84 Å². The molecule has 0 spiro atoms. The highest BCUT2D eigenvalue weighted by atomic mass is 16.5. The molecule has 0 atom stereocenters. The zero-order valence-electron chi connectivity index (χ0n) is 9.69. The van der Waals surface area contributed by atoms with Gasteiger partial charge < -0.3 is 15.6 Å². The Morgan fingerprint density at radius 2 is 1.81 bits per heavy atom. The van der Waals surface area contributed by atoms with Crippen molar-refractivity contribution in [3.05, 3.63) is 29.8 Å². The molecule has 0 unspecified atom stereocenters. The number of ether oxygens (including phenoxy) is 1. The minimum Gasteiger partial charge on any atom is -0.494 e.